The Morgan fingerprint density at radius 1 is 1.35 bits per heavy atom. The van der Waals surface area contributed by atoms with Crippen molar-refractivity contribution in [3.8, 4) is 5.75 Å². The molecule has 0 N–H and O–H groups in total. The molecule has 0 aliphatic carbocycles. The van der Waals surface area contributed by atoms with Gasteiger partial charge in [-0.2, -0.15) is 0 Å². The van der Waals surface area contributed by atoms with Gasteiger partial charge in [0.15, 0.2) is 0 Å². The Balaban J connectivity index is 2.31. The van der Waals surface area contributed by atoms with Crippen LogP contribution in [-0.4, -0.2) is 25.1 Å². The van der Waals surface area contributed by atoms with Crippen molar-refractivity contribution >= 4 is 23.2 Å². The molecule has 0 aromatic heterocycles. The maximum absolute atomic E-state index is 5.99. The van der Waals surface area contributed by atoms with E-state index in [1.807, 2.05) is 26.2 Å². The van der Waals surface area contributed by atoms with E-state index in [2.05, 4.69) is 4.90 Å². The van der Waals surface area contributed by atoms with Crippen LogP contribution in [-0.2, 0) is 0 Å². The molecular weight excluding hydrogens is 257 g/mol. The monoisotopic (exact) mass is 273 g/mol. The number of hydrogen-bond acceptors (Lipinski definition) is 2. The van der Waals surface area contributed by atoms with E-state index in [0.29, 0.717) is 22.4 Å². The van der Waals surface area contributed by atoms with E-state index in [9.17, 15) is 0 Å². The van der Waals surface area contributed by atoms with E-state index in [0.717, 1.165) is 13.0 Å². The van der Waals surface area contributed by atoms with E-state index in [1.54, 1.807) is 18.2 Å². The molecule has 0 fully saturated rings. The zero-order valence-electron chi connectivity index (χ0n) is 10.1. The number of nitrogens with zero attached hydrogens (tertiary/aromatic N) is 1. The molecule has 0 amide bonds. The highest BCUT2D eigenvalue weighted by Crippen LogP contribution is 2.27. The number of halogens is 2. The molecule has 2 nitrogen and oxygen atoms in total. The number of benzene rings is 1. The van der Waals surface area contributed by atoms with Crippen molar-refractivity contribution in [1.82, 2.24) is 4.90 Å². The summed E-state index contributed by atoms with van der Waals surface area (Å²) in [6.45, 7) is 3.60. The third-order valence-electron chi connectivity index (χ3n) is 2.21. The smallest absolute Gasteiger partial charge is 0.137 e. The second kappa shape index (κ2) is 7.46. The first-order valence-corrected chi connectivity index (χ1v) is 6.30. The SMILES string of the molecule is C/C=C/N(C)CCCOc1ccc(Cl)cc1Cl. The van der Waals surface area contributed by atoms with Crippen LogP contribution >= 0.6 is 23.2 Å². The van der Waals surface area contributed by atoms with Crippen LogP contribution in [0.5, 0.6) is 5.75 Å². The van der Waals surface area contributed by atoms with Gasteiger partial charge in [0.05, 0.1) is 11.6 Å². The first-order valence-electron chi connectivity index (χ1n) is 5.54. The number of ether oxygens (including phenoxy) is 1. The Kier molecular flexibility index (Phi) is 6.23. The lowest BCUT2D eigenvalue weighted by Gasteiger charge is -2.14. The topological polar surface area (TPSA) is 12.5 Å². The molecule has 0 atom stereocenters. The molecule has 1 aromatic carbocycles. The molecule has 17 heavy (non-hydrogen) atoms. The fourth-order valence-corrected chi connectivity index (χ4v) is 1.88. The first kappa shape index (κ1) is 14.2. The van der Waals surface area contributed by atoms with Crippen molar-refractivity contribution in [2.45, 2.75) is 13.3 Å². The van der Waals surface area contributed by atoms with Gasteiger partial charge in [0.2, 0.25) is 0 Å². The molecule has 1 rings (SSSR count). The van der Waals surface area contributed by atoms with Crippen molar-refractivity contribution in [3.05, 3.63) is 40.5 Å². The molecule has 0 aliphatic heterocycles. The van der Waals surface area contributed by atoms with Crippen LogP contribution in [0.25, 0.3) is 0 Å². The molecule has 0 bridgehead atoms. The second-order valence-corrected chi connectivity index (χ2v) is 4.58. The third kappa shape index (κ3) is 5.33. The first-order chi connectivity index (χ1) is 8.13. The molecular formula is C13H17Cl2NO. The zero-order chi connectivity index (χ0) is 12.7. The van der Waals surface area contributed by atoms with Gasteiger partial charge >= 0.3 is 0 Å². The Morgan fingerprint density at radius 3 is 2.76 bits per heavy atom. The highest BCUT2D eigenvalue weighted by Gasteiger charge is 2.02. The van der Waals surface area contributed by atoms with Crippen LogP contribution < -0.4 is 4.74 Å². The molecule has 0 spiro atoms. The van der Waals surface area contributed by atoms with Crippen LogP contribution in [0.2, 0.25) is 10.0 Å². The van der Waals surface area contributed by atoms with Crippen molar-refractivity contribution < 1.29 is 4.74 Å². The summed E-state index contributed by atoms with van der Waals surface area (Å²) in [4.78, 5) is 2.12. The second-order valence-electron chi connectivity index (χ2n) is 3.74. The largest absolute Gasteiger partial charge is 0.492 e. The molecule has 4 heteroatoms. The summed E-state index contributed by atoms with van der Waals surface area (Å²) in [7, 11) is 2.04. The minimum Gasteiger partial charge on any atom is -0.492 e. The van der Waals surface area contributed by atoms with E-state index < -0.39 is 0 Å². The highest BCUT2D eigenvalue weighted by atomic mass is 35.5. The molecule has 1 aromatic rings. The van der Waals surface area contributed by atoms with Gasteiger partial charge in [-0.15, -0.1) is 0 Å². The predicted molar refractivity (Wildman–Crippen MR) is 74.0 cm³/mol. The third-order valence-corrected chi connectivity index (χ3v) is 2.74. The zero-order valence-corrected chi connectivity index (χ0v) is 11.6. The molecule has 0 aliphatic rings. The standard InChI is InChI=1S/C13H17Cl2NO/c1-3-7-16(2)8-4-9-17-13-6-5-11(14)10-12(13)15/h3,5-7,10H,4,8-9H2,1-2H3/b7-3+. The van der Waals surface area contributed by atoms with E-state index in [-0.39, 0.29) is 0 Å². The van der Waals surface area contributed by atoms with E-state index >= 15 is 0 Å². The summed E-state index contributed by atoms with van der Waals surface area (Å²) < 4.78 is 5.58. The van der Waals surface area contributed by atoms with Gasteiger partial charge < -0.3 is 9.64 Å². The van der Waals surface area contributed by atoms with Crippen LogP contribution in [0.1, 0.15) is 13.3 Å². The predicted octanol–water partition coefficient (Wildman–Crippen LogP) is 4.23. The lowest BCUT2D eigenvalue weighted by atomic mass is 10.3. The Labute approximate surface area is 113 Å². The average molecular weight is 274 g/mol. The van der Waals surface area contributed by atoms with Crippen molar-refractivity contribution in [1.29, 1.82) is 0 Å². The minimum atomic E-state index is 0.555. The van der Waals surface area contributed by atoms with Crippen LogP contribution in [0, 0.1) is 0 Å². The van der Waals surface area contributed by atoms with Crippen LogP contribution in [0.3, 0.4) is 0 Å². The summed E-state index contributed by atoms with van der Waals surface area (Å²) in [5, 5.41) is 1.18. The van der Waals surface area contributed by atoms with Crippen molar-refractivity contribution in [2.75, 3.05) is 20.2 Å². The van der Waals surface area contributed by atoms with Crippen molar-refractivity contribution in [3.63, 3.8) is 0 Å². The normalized spacial score (nSPS) is 10.8. The lowest BCUT2D eigenvalue weighted by Crippen LogP contribution is -2.14. The molecule has 0 unspecified atom stereocenters. The van der Waals surface area contributed by atoms with Gasteiger partial charge in [-0.3, -0.25) is 0 Å². The van der Waals surface area contributed by atoms with Gasteiger partial charge in [-0.25, -0.2) is 0 Å². The number of rotatable bonds is 6. The van der Waals surface area contributed by atoms with Crippen molar-refractivity contribution in [2.24, 2.45) is 0 Å². The van der Waals surface area contributed by atoms with E-state index in [1.165, 1.54) is 0 Å². The Hall–Kier alpha value is -0.860. The van der Waals surface area contributed by atoms with Gasteiger partial charge in [-0.1, -0.05) is 29.3 Å². The molecule has 0 saturated carbocycles. The van der Waals surface area contributed by atoms with Crippen LogP contribution in [0.15, 0.2) is 30.5 Å². The quantitative estimate of drug-likeness (QED) is 0.720. The van der Waals surface area contributed by atoms with Gasteiger partial charge in [0.1, 0.15) is 5.75 Å². The Morgan fingerprint density at radius 2 is 2.12 bits per heavy atom. The lowest BCUT2D eigenvalue weighted by molar-refractivity contribution is 0.289. The summed E-state index contributed by atoms with van der Waals surface area (Å²) in [6.07, 6.45) is 4.99. The summed E-state index contributed by atoms with van der Waals surface area (Å²) in [6, 6.07) is 5.25. The summed E-state index contributed by atoms with van der Waals surface area (Å²) in [5.41, 5.74) is 0. The maximum atomic E-state index is 5.99. The van der Waals surface area contributed by atoms with Gasteiger partial charge in [0.25, 0.3) is 0 Å². The van der Waals surface area contributed by atoms with Crippen LogP contribution in [0.4, 0.5) is 0 Å². The molecule has 94 valence electrons. The molecule has 0 heterocycles. The number of hydrogen-bond donors (Lipinski definition) is 0. The minimum absolute atomic E-state index is 0.555. The van der Waals surface area contributed by atoms with E-state index in [4.69, 9.17) is 27.9 Å². The van der Waals surface area contributed by atoms with Gasteiger partial charge in [-0.05, 0) is 37.7 Å². The van der Waals surface area contributed by atoms with Gasteiger partial charge in [0, 0.05) is 18.6 Å². The average Bonchev–Trinajstić information content (AvgIpc) is 2.27. The highest BCUT2D eigenvalue weighted by molar-refractivity contribution is 6.35. The summed E-state index contributed by atoms with van der Waals surface area (Å²) >= 11 is 11.8. The Bertz CT molecular complexity index is 380. The fourth-order valence-electron chi connectivity index (χ4n) is 1.42. The molecule has 0 radical (unpaired) electrons. The maximum Gasteiger partial charge on any atom is 0.137 e. The fraction of sp³-hybridized carbons (Fsp3) is 0.385. The molecule has 0 saturated heterocycles. The summed E-state index contributed by atoms with van der Waals surface area (Å²) in [5.74, 6) is 0.685. The number of allylic oxidation sites excluding steroid dienone is 1.